The standard InChI is InChI=1S/C14H28N4O/c1-4-7-13(19-6-3)12(17-15)11-14-16-8-10-18(14)9-5-2/h8,10,12-13,17H,4-7,9,11,15H2,1-3H3. The number of nitrogens with zero attached hydrogens (tertiary/aromatic N) is 2. The van der Waals surface area contributed by atoms with E-state index in [1.54, 1.807) is 0 Å². The van der Waals surface area contributed by atoms with E-state index in [9.17, 15) is 0 Å². The van der Waals surface area contributed by atoms with E-state index in [1.807, 2.05) is 19.3 Å². The SMILES string of the molecule is CCCC(OCC)C(Cc1nccn1CCC)NN. The van der Waals surface area contributed by atoms with Gasteiger partial charge in [-0.2, -0.15) is 0 Å². The third-order valence-corrected chi connectivity index (χ3v) is 3.29. The fourth-order valence-corrected chi connectivity index (χ4v) is 2.37. The zero-order valence-electron chi connectivity index (χ0n) is 12.4. The Morgan fingerprint density at radius 1 is 1.37 bits per heavy atom. The first-order valence-electron chi connectivity index (χ1n) is 7.34. The van der Waals surface area contributed by atoms with Gasteiger partial charge in [0.05, 0.1) is 12.1 Å². The maximum atomic E-state index is 5.80. The molecule has 0 amide bonds. The molecule has 3 N–H and O–H groups in total. The number of hydrogen-bond acceptors (Lipinski definition) is 4. The van der Waals surface area contributed by atoms with Crippen molar-refractivity contribution in [3.8, 4) is 0 Å². The highest BCUT2D eigenvalue weighted by Gasteiger charge is 2.22. The topological polar surface area (TPSA) is 65.1 Å². The molecule has 2 unspecified atom stereocenters. The molecule has 0 saturated heterocycles. The molecule has 1 rings (SSSR count). The number of rotatable bonds is 10. The molecule has 1 aromatic rings. The molecule has 1 heterocycles. The largest absolute Gasteiger partial charge is 0.377 e. The molecule has 5 nitrogen and oxygen atoms in total. The Bertz CT molecular complexity index is 334. The van der Waals surface area contributed by atoms with Gasteiger partial charge < -0.3 is 9.30 Å². The molecule has 19 heavy (non-hydrogen) atoms. The van der Waals surface area contributed by atoms with Gasteiger partial charge in [-0.3, -0.25) is 11.3 Å². The average Bonchev–Trinajstić information content (AvgIpc) is 2.83. The fraction of sp³-hybridized carbons (Fsp3) is 0.786. The smallest absolute Gasteiger partial charge is 0.110 e. The highest BCUT2D eigenvalue weighted by Crippen LogP contribution is 2.12. The molecule has 2 atom stereocenters. The number of imidazole rings is 1. The summed E-state index contributed by atoms with van der Waals surface area (Å²) in [7, 11) is 0. The molecular formula is C14H28N4O. The number of aryl methyl sites for hydroxylation is 1. The molecule has 1 aromatic heterocycles. The molecule has 5 heteroatoms. The molecule has 0 aliphatic rings. The zero-order valence-corrected chi connectivity index (χ0v) is 12.4. The minimum absolute atomic E-state index is 0.109. The second-order valence-corrected chi connectivity index (χ2v) is 4.80. The Hall–Kier alpha value is -0.910. The lowest BCUT2D eigenvalue weighted by Gasteiger charge is -2.26. The molecule has 0 aromatic carbocycles. The van der Waals surface area contributed by atoms with Crippen LogP contribution in [-0.2, 0) is 17.7 Å². The summed E-state index contributed by atoms with van der Waals surface area (Å²) >= 11 is 0. The second kappa shape index (κ2) is 9.07. The van der Waals surface area contributed by atoms with Crippen LogP contribution in [0.15, 0.2) is 12.4 Å². The van der Waals surface area contributed by atoms with Gasteiger partial charge in [0, 0.05) is 32.0 Å². The van der Waals surface area contributed by atoms with E-state index in [0.717, 1.165) is 38.1 Å². The van der Waals surface area contributed by atoms with Crippen LogP contribution in [0.4, 0.5) is 0 Å². The van der Waals surface area contributed by atoms with Crippen molar-refractivity contribution < 1.29 is 4.74 Å². The molecule has 0 aliphatic carbocycles. The maximum Gasteiger partial charge on any atom is 0.110 e. The molecular weight excluding hydrogens is 240 g/mol. The van der Waals surface area contributed by atoms with E-state index < -0.39 is 0 Å². The highest BCUT2D eigenvalue weighted by atomic mass is 16.5. The summed E-state index contributed by atoms with van der Waals surface area (Å²) in [5, 5.41) is 0. The number of hydrogen-bond donors (Lipinski definition) is 2. The molecule has 0 saturated carbocycles. The van der Waals surface area contributed by atoms with Crippen molar-refractivity contribution in [3.63, 3.8) is 0 Å². The van der Waals surface area contributed by atoms with Crippen molar-refractivity contribution in [2.24, 2.45) is 5.84 Å². The number of nitrogens with two attached hydrogens (primary N) is 1. The fourth-order valence-electron chi connectivity index (χ4n) is 2.37. The molecule has 0 bridgehead atoms. The number of aromatic nitrogens is 2. The van der Waals surface area contributed by atoms with Gasteiger partial charge in [-0.15, -0.1) is 0 Å². The van der Waals surface area contributed by atoms with Crippen LogP contribution in [0.5, 0.6) is 0 Å². The van der Waals surface area contributed by atoms with Crippen LogP contribution in [0.3, 0.4) is 0 Å². The minimum Gasteiger partial charge on any atom is -0.377 e. The van der Waals surface area contributed by atoms with Gasteiger partial charge >= 0.3 is 0 Å². The van der Waals surface area contributed by atoms with Crippen molar-refractivity contribution in [2.45, 2.75) is 65.1 Å². The Labute approximate surface area is 116 Å². The van der Waals surface area contributed by atoms with Crippen LogP contribution in [0.2, 0.25) is 0 Å². The van der Waals surface area contributed by atoms with Crippen molar-refractivity contribution in [1.29, 1.82) is 0 Å². The summed E-state index contributed by atoms with van der Waals surface area (Å²) in [5.74, 6) is 6.78. The third-order valence-electron chi connectivity index (χ3n) is 3.29. The summed E-state index contributed by atoms with van der Waals surface area (Å²) in [6.07, 6.45) is 8.04. The molecule has 0 radical (unpaired) electrons. The summed E-state index contributed by atoms with van der Waals surface area (Å²) in [6, 6.07) is 0.109. The van der Waals surface area contributed by atoms with Crippen molar-refractivity contribution in [3.05, 3.63) is 18.2 Å². The van der Waals surface area contributed by atoms with E-state index in [-0.39, 0.29) is 12.1 Å². The Morgan fingerprint density at radius 3 is 2.74 bits per heavy atom. The monoisotopic (exact) mass is 268 g/mol. The summed E-state index contributed by atoms with van der Waals surface area (Å²) < 4.78 is 8.00. The number of ether oxygens (including phenoxy) is 1. The van der Waals surface area contributed by atoms with E-state index in [0.29, 0.717) is 6.61 Å². The molecule has 0 spiro atoms. The predicted molar refractivity (Wildman–Crippen MR) is 77.7 cm³/mol. The lowest BCUT2D eigenvalue weighted by atomic mass is 10.0. The Balaban J connectivity index is 2.70. The van der Waals surface area contributed by atoms with Gasteiger partial charge in [0.2, 0.25) is 0 Å². The minimum atomic E-state index is 0.109. The van der Waals surface area contributed by atoms with Gasteiger partial charge in [0.15, 0.2) is 0 Å². The van der Waals surface area contributed by atoms with E-state index >= 15 is 0 Å². The Kier molecular flexibility index (Phi) is 7.70. The van der Waals surface area contributed by atoms with Gasteiger partial charge in [0.1, 0.15) is 5.82 Å². The maximum absolute atomic E-state index is 5.80. The van der Waals surface area contributed by atoms with Gasteiger partial charge in [-0.05, 0) is 19.8 Å². The third kappa shape index (κ3) is 4.93. The second-order valence-electron chi connectivity index (χ2n) is 4.80. The predicted octanol–water partition coefficient (Wildman–Crippen LogP) is 1.87. The first kappa shape index (κ1) is 16.1. The quantitative estimate of drug-likeness (QED) is 0.502. The normalized spacial score (nSPS) is 14.5. The first-order chi connectivity index (χ1) is 9.26. The summed E-state index contributed by atoms with van der Waals surface area (Å²) in [4.78, 5) is 4.44. The summed E-state index contributed by atoms with van der Waals surface area (Å²) in [6.45, 7) is 8.07. The van der Waals surface area contributed by atoms with Crippen molar-refractivity contribution >= 4 is 0 Å². The van der Waals surface area contributed by atoms with Crippen molar-refractivity contribution in [1.82, 2.24) is 15.0 Å². The lowest BCUT2D eigenvalue weighted by Crippen LogP contribution is -2.47. The first-order valence-corrected chi connectivity index (χ1v) is 7.34. The van der Waals surface area contributed by atoms with Gasteiger partial charge in [-0.25, -0.2) is 4.98 Å². The van der Waals surface area contributed by atoms with E-state index in [2.05, 4.69) is 28.8 Å². The van der Waals surface area contributed by atoms with E-state index in [4.69, 9.17) is 10.6 Å². The highest BCUT2D eigenvalue weighted by molar-refractivity contribution is 4.97. The van der Waals surface area contributed by atoms with Crippen LogP contribution in [0, 0.1) is 0 Å². The molecule has 0 fully saturated rings. The number of nitrogens with one attached hydrogen (secondary N) is 1. The van der Waals surface area contributed by atoms with Gasteiger partial charge in [-0.1, -0.05) is 20.3 Å². The zero-order chi connectivity index (χ0) is 14.1. The van der Waals surface area contributed by atoms with Crippen LogP contribution in [0.25, 0.3) is 0 Å². The molecule has 110 valence electrons. The van der Waals surface area contributed by atoms with Crippen molar-refractivity contribution in [2.75, 3.05) is 6.61 Å². The van der Waals surface area contributed by atoms with Crippen LogP contribution in [-0.4, -0.2) is 28.3 Å². The van der Waals surface area contributed by atoms with Crippen LogP contribution < -0.4 is 11.3 Å². The van der Waals surface area contributed by atoms with Crippen LogP contribution in [0.1, 0.15) is 45.9 Å². The lowest BCUT2D eigenvalue weighted by molar-refractivity contribution is 0.0275. The molecule has 0 aliphatic heterocycles. The Morgan fingerprint density at radius 2 is 2.16 bits per heavy atom. The van der Waals surface area contributed by atoms with Crippen LogP contribution >= 0.6 is 0 Å². The van der Waals surface area contributed by atoms with E-state index in [1.165, 1.54) is 0 Å². The van der Waals surface area contributed by atoms with Gasteiger partial charge in [0.25, 0.3) is 0 Å². The number of hydrazine groups is 1. The average molecular weight is 268 g/mol. The summed E-state index contributed by atoms with van der Waals surface area (Å²) in [5.41, 5.74) is 2.90.